The Bertz CT molecular complexity index is 1160. The molecule has 0 radical (unpaired) electrons. The average molecular weight is 507 g/mol. The normalized spacial score (nSPS) is 10.5. The first-order valence-corrected chi connectivity index (χ1v) is 12.3. The number of amides is 1. The summed E-state index contributed by atoms with van der Waals surface area (Å²) in [6.45, 7) is 6.24. The standard InChI is InChI=1S/C29H34N2O6/c1-5-22-9-11-24(30-18-22)15-16-36-27-17-23(10-14-26(27)34-4)19-31(20-28(32)35-6-2)29(33)37-25-12-7-21(3)8-13-25/h7-14,17-18H,5-6,15-16,19-20H2,1-4H3. The quantitative estimate of drug-likeness (QED) is 0.314. The van der Waals surface area contributed by atoms with Gasteiger partial charge in [0.2, 0.25) is 0 Å². The lowest BCUT2D eigenvalue weighted by Crippen LogP contribution is -2.38. The minimum absolute atomic E-state index is 0.115. The zero-order chi connectivity index (χ0) is 26.6. The van der Waals surface area contributed by atoms with Gasteiger partial charge < -0.3 is 18.9 Å². The number of pyridine rings is 1. The van der Waals surface area contributed by atoms with Gasteiger partial charge in [-0.15, -0.1) is 0 Å². The van der Waals surface area contributed by atoms with Crippen molar-refractivity contribution in [1.29, 1.82) is 0 Å². The maximum absolute atomic E-state index is 13.0. The number of ether oxygens (including phenoxy) is 4. The van der Waals surface area contributed by atoms with Crippen LogP contribution in [0.1, 0.15) is 36.2 Å². The number of carbonyl (C=O) groups excluding carboxylic acids is 2. The number of carbonyl (C=O) groups is 2. The fourth-order valence-electron chi connectivity index (χ4n) is 3.55. The van der Waals surface area contributed by atoms with Crippen LogP contribution < -0.4 is 14.2 Å². The SMILES string of the molecule is CCOC(=O)CN(Cc1ccc(OC)c(OCCc2ccc(CC)cn2)c1)C(=O)Oc1ccc(C)cc1. The maximum atomic E-state index is 13.0. The number of hydrogen-bond acceptors (Lipinski definition) is 7. The van der Waals surface area contributed by atoms with Gasteiger partial charge in [0.1, 0.15) is 12.3 Å². The molecule has 0 spiro atoms. The van der Waals surface area contributed by atoms with Crippen LogP contribution in [-0.4, -0.2) is 48.8 Å². The first-order valence-electron chi connectivity index (χ1n) is 12.3. The highest BCUT2D eigenvalue weighted by Gasteiger charge is 2.21. The highest BCUT2D eigenvalue weighted by Crippen LogP contribution is 2.29. The van der Waals surface area contributed by atoms with Crippen molar-refractivity contribution in [2.75, 3.05) is 26.9 Å². The molecule has 1 amide bonds. The van der Waals surface area contributed by atoms with Crippen molar-refractivity contribution in [3.05, 3.63) is 83.2 Å². The Labute approximate surface area is 218 Å². The lowest BCUT2D eigenvalue weighted by atomic mass is 10.2. The number of benzene rings is 2. The molecule has 8 heteroatoms. The number of rotatable bonds is 12. The minimum atomic E-state index is -0.656. The summed E-state index contributed by atoms with van der Waals surface area (Å²) in [6, 6.07) is 16.6. The van der Waals surface area contributed by atoms with Crippen LogP contribution >= 0.6 is 0 Å². The Hall–Kier alpha value is -4.07. The molecule has 0 aliphatic rings. The summed E-state index contributed by atoms with van der Waals surface area (Å²) in [5.41, 5.74) is 3.91. The van der Waals surface area contributed by atoms with Crippen molar-refractivity contribution >= 4 is 12.1 Å². The Kier molecular flexibility index (Phi) is 10.3. The number of nitrogens with zero attached hydrogens (tertiary/aromatic N) is 2. The van der Waals surface area contributed by atoms with E-state index in [1.807, 2.05) is 37.4 Å². The van der Waals surface area contributed by atoms with Gasteiger partial charge in [-0.3, -0.25) is 14.7 Å². The minimum Gasteiger partial charge on any atom is -0.493 e. The molecule has 0 fully saturated rings. The summed E-state index contributed by atoms with van der Waals surface area (Å²) in [6.07, 6.45) is 2.80. The maximum Gasteiger partial charge on any atom is 0.416 e. The van der Waals surface area contributed by atoms with Crippen molar-refractivity contribution in [3.63, 3.8) is 0 Å². The first kappa shape index (κ1) is 27.5. The highest BCUT2D eigenvalue weighted by atomic mass is 16.6. The summed E-state index contributed by atoms with van der Waals surface area (Å²) in [5.74, 6) is 0.976. The summed E-state index contributed by atoms with van der Waals surface area (Å²) in [7, 11) is 1.57. The van der Waals surface area contributed by atoms with Crippen molar-refractivity contribution in [1.82, 2.24) is 9.88 Å². The third-order valence-electron chi connectivity index (χ3n) is 5.62. The van der Waals surface area contributed by atoms with Crippen molar-refractivity contribution < 1.29 is 28.5 Å². The number of hydrogen-bond donors (Lipinski definition) is 0. The molecule has 0 unspecified atom stereocenters. The van der Waals surface area contributed by atoms with Gasteiger partial charge >= 0.3 is 12.1 Å². The van der Waals surface area contributed by atoms with E-state index < -0.39 is 12.1 Å². The molecule has 0 atom stereocenters. The monoisotopic (exact) mass is 506 g/mol. The lowest BCUT2D eigenvalue weighted by molar-refractivity contribution is -0.144. The Morgan fingerprint density at radius 2 is 1.70 bits per heavy atom. The zero-order valence-electron chi connectivity index (χ0n) is 21.9. The van der Waals surface area contributed by atoms with E-state index >= 15 is 0 Å². The second-order valence-electron chi connectivity index (χ2n) is 8.44. The molecule has 3 aromatic rings. The second kappa shape index (κ2) is 13.9. The first-order chi connectivity index (χ1) is 17.9. The summed E-state index contributed by atoms with van der Waals surface area (Å²) in [5, 5.41) is 0. The third-order valence-corrected chi connectivity index (χ3v) is 5.62. The topological polar surface area (TPSA) is 87.2 Å². The van der Waals surface area contributed by atoms with Crippen LogP contribution in [0.3, 0.4) is 0 Å². The van der Waals surface area contributed by atoms with Gasteiger partial charge in [0.05, 0.1) is 20.3 Å². The van der Waals surface area contributed by atoms with E-state index in [1.54, 1.807) is 38.3 Å². The van der Waals surface area contributed by atoms with Gasteiger partial charge in [0, 0.05) is 24.9 Å². The van der Waals surface area contributed by atoms with Gasteiger partial charge in [0.15, 0.2) is 11.5 Å². The second-order valence-corrected chi connectivity index (χ2v) is 8.44. The number of aromatic nitrogens is 1. The molecule has 0 saturated carbocycles. The van der Waals surface area contributed by atoms with Gasteiger partial charge in [-0.25, -0.2) is 4.79 Å². The molecule has 196 valence electrons. The number of methoxy groups -OCH3 is 1. The van der Waals surface area contributed by atoms with Crippen LogP contribution in [0.25, 0.3) is 0 Å². The lowest BCUT2D eigenvalue weighted by Gasteiger charge is -2.22. The molecule has 1 aromatic heterocycles. The van der Waals surface area contributed by atoms with Crippen LogP contribution in [0.15, 0.2) is 60.8 Å². The van der Waals surface area contributed by atoms with Crippen LogP contribution in [0, 0.1) is 6.92 Å². The number of esters is 1. The van der Waals surface area contributed by atoms with Crippen molar-refractivity contribution in [2.45, 2.75) is 40.2 Å². The van der Waals surface area contributed by atoms with E-state index in [2.05, 4.69) is 18.0 Å². The fraction of sp³-hybridized carbons (Fsp3) is 0.345. The highest BCUT2D eigenvalue weighted by molar-refractivity contribution is 5.79. The van der Waals surface area contributed by atoms with Gasteiger partial charge in [-0.2, -0.15) is 0 Å². The predicted octanol–water partition coefficient (Wildman–Crippen LogP) is 5.15. The van der Waals surface area contributed by atoms with Crippen molar-refractivity contribution in [3.8, 4) is 17.2 Å². The van der Waals surface area contributed by atoms with Crippen molar-refractivity contribution in [2.24, 2.45) is 0 Å². The molecule has 2 aromatic carbocycles. The molecule has 0 N–H and O–H groups in total. The molecule has 0 aliphatic heterocycles. The Balaban J connectivity index is 1.71. The molecule has 37 heavy (non-hydrogen) atoms. The van der Waals surface area contributed by atoms with E-state index in [1.165, 1.54) is 10.5 Å². The van der Waals surface area contributed by atoms with E-state index in [4.69, 9.17) is 18.9 Å². The largest absolute Gasteiger partial charge is 0.493 e. The van der Waals surface area contributed by atoms with E-state index in [9.17, 15) is 9.59 Å². The Morgan fingerprint density at radius 3 is 2.35 bits per heavy atom. The van der Waals surface area contributed by atoms with Crippen LogP contribution in [-0.2, 0) is 28.9 Å². The molecule has 1 heterocycles. The molecule has 0 aliphatic carbocycles. The Morgan fingerprint density at radius 1 is 0.946 bits per heavy atom. The van der Waals surface area contributed by atoms with E-state index in [-0.39, 0.29) is 19.7 Å². The molecular weight excluding hydrogens is 472 g/mol. The molecular formula is C29H34N2O6. The third kappa shape index (κ3) is 8.52. The van der Waals surface area contributed by atoms with Gasteiger partial charge in [-0.05, 0) is 61.7 Å². The smallest absolute Gasteiger partial charge is 0.416 e. The average Bonchev–Trinajstić information content (AvgIpc) is 2.90. The molecule has 0 bridgehead atoms. The van der Waals surface area contributed by atoms with Crippen LogP contribution in [0.2, 0.25) is 0 Å². The molecule has 3 rings (SSSR count). The molecule has 0 saturated heterocycles. The zero-order valence-corrected chi connectivity index (χ0v) is 21.9. The predicted molar refractivity (Wildman–Crippen MR) is 140 cm³/mol. The van der Waals surface area contributed by atoms with E-state index in [0.29, 0.717) is 30.3 Å². The van der Waals surface area contributed by atoms with Crippen LogP contribution in [0.4, 0.5) is 4.79 Å². The summed E-state index contributed by atoms with van der Waals surface area (Å²) < 4.78 is 22.0. The number of aryl methyl sites for hydroxylation is 2. The fourth-order valence-corrected chi connectivity index (χ4v) is 3.55. The molecule has 8 nitrogen and oxygen atoms in total. The van der Waals surface area contributed by atoms with Gasteiger partial charge in [0.25, 0.3) is 0 Å². The van der Waals surface area contributed by atoms with E-state index in [0.717, 1.165) is 23.2 Å². The summed E-state index contributed by atoms with van der Waals surface area (Å²) in [4.78, 5) is 30.9. The van der Waals surface area contributed by atoms with Crippen LogP contribution in [0.5, 0.6) is 17.2 Å². The van der Waals surface area contributed by atoms with Gasteiger partial charge in [-0.1, -0.05) is 36.8 Å². The summed E-state index contributed by atoms with van der Waals surface area (Å²) >= 11 is 0.